The molecule has 1 nitrogen and oxygen atoms in total. The topological polar surface area (TPSA) is 20.2 Å². The van der Waals surface area contributed by atoms with Crippen LogP contribution < -0.4 is 0 Å². The molecule has 0 unspecified atom stereocenters. The molecular formula is C14H15ClO. The third kappa shape index (κ3) is 2.30. The van der Waals surface area contributed by atoms with E-state index in [1.165, 1.54) is 0 Å². The average Bonchev–Trinajstić information content (AvgIpc) is 2.33. The summed E-state index contributed by atoms with van der Waals surface area (Å²) in [5, 5.41) is 12.1. The van der Waals surface area contributed by atoms with E-state index >= 15 is 0 Å². The second kappa shape index (κ2) is 5.22. The molecule has 0 aromatic heterocycles. The minimum absolute atomic E-state index is 0.424. The Balaban J connectivity index is 2.29. The molecule has 0 fully saturated rings. The lowest BCUT2D eigenvalue weighted by Gasteiger charge is -2.07. The van der Waals surface area contributed by atoms with E-state index in [0.29, 0.717) is 11.6 Å². The van der Waals surface area contributed by atoms with Crippen molar-refractivity contribution in [2.45, 2.75) is 19.3 Å². The number of phenolic OH excluding ortho intramolecular Hbond substituents is 1. The van der Waals surface area contributed by atoms with E-state index in [0.717, 1.165) is 35.6 Å². The first-order valence-corrected chi connectivity index (χ1v) is 6.12. The predicted octanol–water partition coefficient (Wildman–Crippen LogP) is 4.11. The summed E-state index contributed by atoms with van der Waals surface area (Å²) < 4.78 is 0. The van der Waals surface area contributed by atoms with Crippen LogP contribution in [0.2, 0.25) is 0 Å². The smallest absolute Gasteiger partial charge is 0.126 e. The Bertz CT molecular complexity index is 479. The van der Waals surface area contributed by atoms with Gasteiger partial charge in [0.1, 0.15) is 5.75 Å². The monoisotopic (exact) mass is 234 g/mol. The maximum atomic E-state index is 10.1. The molecule has 0 spiro atoms. The van der Waals surface area contributed by atoms with E-state index in [1.807, 2.05) is 30.3 Å². The largest absolute Gasteiger partial charge is 0.507 e. The van der Waals surface area contributed by atoms with Gasteiger partial charge in [-0.05, 0) is 30.2 Å². The van der Waals surface area contributed by atoms with Crippen LogP contribution in [0.15, 0.2) is 36.4 Å². The van der Waals surface area contributed by atoms with Gasteiger partial charge in [-0.1, -0.05) is 36.4 Å². The van der Waals surface area contributed by atoms with Crippen molar-refractivity contribution >= 4 is 22.4 Å². The molecule has 0 heterocycles. The van der Waals surface area contributed by atoms with Gasteiger partial charge in [-0.2, -0.15) is 0 Å². The Morgan fingerprint density at radius 3 is 2.62 bits per heavy atom. The molecule has 0 aliphatic carbocycles. The van der Waals surface area contributed by atoms with Gasteiger partial charge in [-0.3, -0.25) is 0 Å². The summed E-state index contributed by atoms with van der Waals surface area (Å²) >= 11 is 5.64. The molecule has 2 aromatic rings. The van der Waals surface area contributed by atoms with E-state index < -0.39 is 0 Å². The van der Waals surface area contributed by atoms with Crippen LogP contribution in [-0.2, 0) is 6.42 Å². The number of aryl methyl sites for hydroxylation is 1. The maximum Gasteiger partial charge on any atom is 0.126 e. The van der Waals surface area contributed by atoms with Crippen molar-refractivity contribution in [1.82, 2.24) is 0 Å². The molecule has 0 radical (unpaired) electrons. The highest BCUT2D eigenvalue weighted by Crippen LogP contribution is 2.29. The SMILES string of the molecule is Oc1c(CCCCCl)ccc2ccccc12. The normalized spacial score (nSPS) is 10.8. The van der Waals surface area contributed by atoms with Crippen LogP contribution in [0.1, 0.15) is 18.4 Å². The van der Waals surface area contributed by atoms with Crippen LogP contribution in [-0.4, -0.2) is 11.0 Å². The first-order valence-electron chi connectivity index (χ1n) is 5.58. The molecule has 0 aliphatic heterocycles. The van der Waals surface area contributed by atoms with Crippen LogP contribution >= 0.6 is 11.6 Å². The van der Waals surface area contributed by atoms with Crippen molar-refractivity contribution < 1.29 is 5.11 Å². The van der Waals surface area contributed by atoms with Crippen molar-refractivity contribution in [3.05, 3.63) is 42.0 Å². The lowest BCUT2D eigenvalue weighted by Crippen LogP contribution is -1.88. The number of phenols is 1. The molecule has 2 aromatic carbocycles. The standard InChI is InChI=1S/C14H15ClO/c15-10-4-3-6-12-9-8-11-5-1-2-7-13(11)14(12)16/h1-2,5,7-9,16H,3-4,6,10H2. The number of fused-ring (bicyclic) bond motifs is 1. The minimum Gasteiger partial charge on any atom is -0.507 e. The first kappa shape index (κ1) is 11.3. The highest BCUT2D eigenvalue weighted by Gasteiger charge is 2.05. The van der Waals surface area contributed by atoms with Gasteiger partial charge < -0.3 is 5.11 Å². The summed E-state index contributed by atoms with van der Waals surface area (Å²) in [7, 11) is 0. The lowest BCUT2D eigenvalue weighted by atomic mass is 10.0. The summed E-state index contributed by atoms with van der Waals surface area (Å²) in [6, 6.07) is 12.0. The van der Waals surface area contributed by atoms with Crippen LogP contribution in [0.4, 0.5) is 0 Å². The van der Waals surface area contributed by atoms with E-state index in [2.05, 4.69) is 6.07 Å². The molecule has 84 valence electrons. The van der Waals surface area contributed by atoms with Crippen molar-refractivity contribution in [2.24, 2.45) is 0 Å². The molecule has 0 saturated carbocycles. The number of rotatable bonds is 4. The average molecular weight is 235 g/mol. The first-order chi connectivity index (χ1) is 7.83. The molecule has 0 saturated heterocycles. The number of benzene rings is 2. The van der Waals surface area contributed by atoms with Crippen LogP contribution in [0.3, 0.4) is 0 Å². The number of alkyl halides is 1. The highest BCUT2D eigenvalue weighted by molar-refractivity contribution is 6.17. The molecule has 16 heavy (non-hydrogen) atoms. The summed E-state index contributed by atoms with van der Waals surface area (Å²) in [6.45, 7) is 0. The zero-order valence-corrected chi connectivity index (χ0v) is 9.87. The molecule has 2 rings (SSSR count). The molecule has 1 N–H and O–H groups in total. The van der Waals surface area contributed by atoms with Gasteiger partial charge in [0, 0.05) is 11.3 Å². The van der Waals surface area contributed by atoms with Gasteiger partial charge in [0.2, 0.25) is 0 Å². The van der Waals surface area contributed by atoms with Gasteiger partial charge in [-0.15, -0.1) is 11.6 Å². The Hall–Kier alpha value is -1.21. The van der Waals surface area contributed by atoms with Gasteiger partial charge in [0.15, 0.2) is 0 Å². The fraction of sp³-hybridized carbons (Fsp3) is 0.286. The number of aromatic hydroxyl groups is 1. The summed E-state index contributed by atoms with van der Waals surface area (Å²) in [4.78, 5) is 0. The van der Waals surface area contributed by atoms with Crippen molar-refractivity contribution in [3.8, 4) is 5.75 Å². The van der Waals surface area contributed by atoms with E-state index in [4.69, 9.17) is 11.6 Å². The van der Waals surface area contributed by atoms with E-state index in [-0.39, 0.29) is 0 Å². The fourth-order valence-electron chi connectivity index (χ4n) is 1.91. The summed E-state index contributed by atoms with van der Waals surface area (Å²) in [5.41, 5.74) is 1.02. The van der Waals surface area contributed by atoms with Crippen LogP contribution in [0, 0.1) is 0 Å². The Labute approximate surface area is 101 Å². The van der Waals surface area contributed by atoms with Crippen molar-refractivity contribution in [2.75, 3.05) is 5.88 Å². The predicted molar refractivity (Wildman–Crippen MR) is 69.3 cm³/mol. The molecule has 0 atom stereocenters. The second-order valence-corrected chi connectivity index (χ2v) is 4.32. The minimum atomic E-state index is 0.424. The van der Waals surface area contributed by atoms with Crippen LogP contribution in [0.25, 0.3) is 10.8 Å². The number of unbranched alkanes of at least 4 members (excludes halogenated alkanes) is 1. The lowest BCUT2D eigenvalue weighted by molar-refractivity contribution is 0.473. The Morgan fingerprint density at radius 2 is 1.81 bits per heavy atom. The fourth-order valence-corrected chi connectivity index (χ4v) is 2.10. The van der Waals surface area contributed by atoms with Gasteiger partial charge in [0.25, 0.3) is 0 Å². The molecule has 0 aliphatic rings. The summed E-state index contributed by atoms with van der Waals surface area (Å²) in [6.07, 6.45) is 2.91. The second-order valence-electron chi connectivity index (χ2n) is 3.94. The van der Waals surface area contributed by atoms with E-state index in [1.54, 1.807) is 0 Å². The third-order valence-corrected chi connectivity index (χ3v) is 3.08. The van der Waals surface area contributed by atoms with Crippen molar-refractivity contribution in [1.29, 1.82) is 0 Å². The number of halogens is 1. The zero-order valence-electron chi connectivity index (χ0n) is 9.12. The molecule has 0 amide bonds. The third-order valence-electron chi connectivity index (χ3n) is 2.81. The molecule has 2 heteroatoms. The quantitative estimate of drug-likeness (QED) is 0.624. The summed E-state index contributed by atoms with van der Waals surface area (Å²) in [5.74, 6) is 1.11. The Morgan fingerprint density at radius 1 is 1.00 bits per heavy atom. The maximum absolute atomic E-state index is 10.1. The molecular weight excluding hydrogens is 220 g/mol. The van der Waals surface area contributed by atoms with Crippen LogP contribution in [0.5, 0.6) is 5.75 Å². The highest BCUT2D eigenvalue weighted by atomic mass is 35.5. The van der Waals surface area contributed by atoms with Gasteiger partial charge in [0.05, 0.1) is 0 Å². The number of hydrogen-bond donors (Lipinski definition) is 1. The molecule has 0 bridgehead atoms. The van der Waals surface area contributed by atoms with Gasteiger partial charge >= 0.3 is 0 Å². The van der Waals surface area contributed by atoms with Gasteiger partial charge in [-0.25, -0.2) is 0 Å². The number of hydrogen-bond acceptors (Lipinski definition) is 1. The van der Waals surface area contributed by atoms with E-state index in [9.17, 15) is 5.11 Å². The Kier molecular flexibility index (Phi) is 3.68. The zero-order chi connectivity index (χ0) is 11.4. The van der Waals surface area contributed by atoms with Crippen molar-refractivity contribution in [3.63, 3.8) is 0 Å².